The van der Waals surface area contributed by atoms with Crippen molar-refractivity contribution in [3.05, 3.63) is 65.7 Å². The Hall–Kier alpha value is -2.99. The minimum Gasteiger partial charge on any atom is -0.373 e. The molecule has 2 saturated carbocycles. The molecule has 0 aromatic heterocycles. The number of carbonyl (C=O) groups is 3. The predicted octanol–water partition coefficient (Wildman–Crippen LogP) is 4.50. The van der Waals surface area contributed by atoms with Crippen LogP contribution in [-0.4, -0.2) is 29.2 Å². The predicted molar refractivity (Wildman–Crippen MR) is 129 cm³/mol. The Morgan fingerprint density at radius 1 is 0.971 bits per heavy atom. The number of hydrogen-bond acceptors (Lipinski definition) is 4. The van der Waals surface area contributed by atoms with Crippen molar-refractivity contribution in [3.63, 3.8) is 0 Å². The standard InChI is InChI=1S/C28H32N2O4/c31-25-24(26(32)29-22-13-11-21(12-14-22)20-9-5-2-6-10-20)27(33)30-28(25)16-15-23(17-28)34-18-19-7-3-1-4-8-19/h1,3-4,7-8,11-14,20,23-24H,2,5-6,9-10,15-18H2,(H,29,32)(H,30,33)/t23-,24?,28-/m0/s1. The van der Waals surface area contributed by atoms with Crippen LogP contribution in [0.2, 0.25) is 0 Å². The maximum atomic E-state index is 13.3. The van der Waals surface area contributed by atoms with E-state index in [1.165, 1.54) is 37.7 Å². The van der Waals surface area contributed by atoms with Crippen molar-refractivity contribution < 1.29 is 19.1 Å². The summed E-state index contributed by atoms with van der Waals surface area (Å²) in [6.07, 6.45) is 7.71. The first-order chi connectivity index (χ1) is 16.5. The summed E-state index contributed by atoms with van der Waals surface area (Å²) in [5.41, 5.74) is 1.98. The van der Waals surface area contributed by atoms with Gasteiger partial charge >= 0.3 is 0 Å². The second-order valence-electron chi connectivity index (χ2n) is 9.98. The van der Waals surface area contributed by atoms with Crippen LogP contribution < -0.4 is 10.6 Å². The molecule has 3 fully saturated rings. The number of amides is 2. The lowest BCUT2D eigenvalue weighted by atomic mass is 9.84. The van der Waals surface area contributed by atoms with E-state index in [0.717, 1.165) is 5.56 Å². The first-order valence-corrected chi connectivity index (χ1v) is 12.5. The van der Waals surface area contributed by atoms with Gasteiger partial charge in [0.05, 0.1) is 12.7 Å². The molecule has 2 N–H and O–H groups in total. The van der Waals surface area contributed by atoms with E-state index in [1.807, 2.05) is 42.5 Å². The zero-order valence-electron chi connectivity index (χ0n) is 19.4. The molecule has 178 valence electrons. The van der Waals surface area contributed by atoms with Gasteiger partial charge in [-0.1, -0.05) is 61.7 Å². The fraction of sp³-hybridized carbons (Fsp3) is 0.464. The minimum atomic E-state index is -1.31. The number of nitrogens with one attached hydrogen (secondary N) is 2. The smallest absolute Gasteiger partial charge is 0.244 e. The highest BCUT2D eigenvalue weighted by molar-refractivity contribution is 6.27. The summed E-state index contributed by atoms with van der Waals surface area (Å²) >= 11 is 0. The van der Waals surface area contributed by atoms with Gasteiger partial charge in [0.2, 0.25) is 11.8 Å². The van der Waals surface area contributed by atoms with Crippen LogP contribution in [-0.2, 0) is 25.7 Å². The summed E-state index contributed by atoms with van der Waals surface area (Å²) in [7, 11) is 0. The molecule has 2 aliphatic carbocycles. The summed E-state index contributed by atoms with van der Waals surface area (Å²) in [4.78, 5) is 38.9. The number of benzene rings is 2. The molecule has 1 unspecified atom stereocenters. The normalized spacial score (nSPS) is 27.2. The molecular weight excluding hydrogens is 428 g/mol. The highest BCUT2D eigenvalue weighted by Crippen LogP contribution is 2.39. The van der Waals surface area contributed by atoms with Crippen LogP contribution in [0.25, 0.3) is 0 Å². The van der Waals surface area contributed by atoms with Crippen LogP contribution >= 0.6 is 0 Å². The first-order valence-electron chi connectivity index (χ1n) is 12.5. The SMILES string of the molecule is O=C(Nc1ccc(C2CCCCC2)cc1)C1C(=O)N[C@]2(CC[C@H](OCc3ccccc3)C2)C1=O. The Kier molecular flexibility index (Phi) is 6.50. The van der Waals surface area contributed by atoms with Crippen LogP contribution in [0.1, 0.15) is 68.4 Å². The number of Topliss-reactive ketones (excluding diaryl/α,β-unsaturated/α-hetero) is 1. The lowest BCUT2D eigenvalue weighted by molar-refractivity contribution is -0.135. The summed E-state index contributed by atoms with van der Waals surface area (Å²) in [5, 5.41) is 5.63. The largest absolute Gasteiger partial charge is 0.373 e. The Labute approximate surface area is 200 Å². The Morgan fingerprint density at radius 3 is 2.44 bits per heavy atom. The van der Waals surface area contributed by atoms with Crippen LogP contribution in [0.15, 0.2) is 54.6 Å². The van der Waals surface area contributed by atoms with Crippen LogP contribution in [0, 0.1) is 5.92 Å². The number of ketones is 1. The molecule has 3 atom stereocenters. The molecule has 6 heteroatoms. The molecule has 5 rings (SSSR count). The van der Waals surface area contributed by atoms with Gasteiger partial charge < -0.3 is 15.4 Å². The van der Waals surface area contributed by atoms with E-state index in [2.05, 4.69) is 22.8 Å². The topological polar surface area (TPSA) is 84.5 Å². The van der Waals surface area contributed by atoms with Crippen molar-refractivity contribution >= 4 is 23.3 Å². The van der Waals surface area contributed by atoms with E-state index in [4.69, 9.17) is 4.74 Å². The maximum absolute atomic E-state index is 13.3. The number of rotatable bonds is 6. The van der Waals surface area contributed by atoms with E-state index in [0.29, 0.717) is 37.5 Å². The van der Waals surface area contributed by atoms with Crippen LogP contribution in [0.5, 0.6) is 0 Å². The average molecular weight is 461 g/mol. The number of ether oxygens (including phenoxy) is 1. The van der Waals surface area contributed by atoms with Gasteiger partial charge in [-0.25, -0.2) is 0 Å². The van der Waals surface area contributed by atoms with Crippen LogP contribution in [0.3, 0.4) is 0 Å². The average Bonchev–Trinajstić information content (AvgIpc) is 3.39. The van der Waals surface area contributed by atoms with E-state index >= 15 is 0 Å². The van der Waals surface area contributed by atoms with E-state index < -0.39 is 23.3 Å². The third-order valence-electron chi connectivity index (χ3n) is 7.67. The van der Waals surface area contributed by atoms with E-state index in [-0.39, 0.29) is 11.9 Å². The summed E-state index contributed by atoms with van der Waals surface area (Å²) in [6.45, 7) is 0.463. The minimum absolute atomic E-state index is 0.126. The molecule has 2 amide bonds. The molecule has 0 radical (unpaired) electrons. The fourth-order valence-corrected chi connectivity index (χ4v) is 5.76. The lowest BCUT2D eigenvalue weighted by Crippen LogP contribution is -2.45. The van der Waals surface area contributed by atoms with Gasteiger partial charge in [-0.2, -0.15) is 0 Å². The van der Waals surface area contributed by atoms with E-state index in [1.54, 1.807) is 0 Å². The van der Waals surface area contributed by atoms with Crippen molar-refractivity contribution in [1.29, 1.82) is 0 Å². The van der Waals surface area contributed by atoms with Crippen molar-refractivity contribution in [2.24, 2.45) is 5.92 Å². The monoisotopic (exact) mass is 460 g/mol. The van der Waals surface area contributed by atoms with Gasteiger partial charge in [-0.15, -0.1) is 0 Å². The molecule has 34 heavy (non-hydrogen) atoms. The maximum Gasteiger partial charge on any atom is 0.244 e. The number of hydrogen-bond donors (Lipinski definition) is 2. The molecule has 3 aliphatic rings. The summed E-state index contributed by atoms with van der Waals surface area (Å²) in [6, 6.07) is 17.7. The van der Waals surface area contributed by atoms with Gasteiger partial charge in [0.15, 0.2) is 11.7 Å². The van der Waals surface area contributed by atoms with Gasteiger partial charge in [0.25, 0.3) is 0 Å². The number of anilines is 1. The molecule has 1 aliphatic heterocycles. The van der Waals surface area contributed by atoms with E-state index in [9.17, 15) is 14.4 Å². The van der Waals surface area contributed by atoms with Crippen molar-refractivity contribution in [3.8, 4) is 0 Å². The van der Waals surface area contributed by atoms with Gasteiger partial charge in [-0.05, 0) is 54.9 Å². The third-order valence-corrected chi connectivity index (χ3v) is 7.67. The fourth-order valence-electron chi connectivity index (χ4n) is 5.76. The molecular formula is C28H32N2O4. The number of carbonyl (C=O) groups excluding carboxylic acids is 3. The van der Waals surface area contributed by atoms with Gasteiger partial charge in [0.1, 0.15) is 5.54 Å². The van der Waals surface area contributed by atoms with Crippen molar-refractivity contribution in [2.75, 3.05) is 5.32 Å². The third kappa shape index (κ3) is 4.64. The Balaban J connectivity index is 1.19. The first kappa shape index (κ1) is 22.8. The quantitative estimate of drug-likeness (QED) is 0.622. The zero-order chi connectivity index (χ0) is 23.5. The Bertz CT molecular complexity index is 1050. The lowest BCUT2D eigenvalue weighted by Gasteiger charge is -2.22. The van der Waals surface area contributed by atoms with Crippen LogP contribution in [0.4, 0.5) is 5.69 Å². The molecule has 2 aromatic carbocycles. The highest BCUT2D eigenvalue weighted by Gasteiger charge is 2.58. The van der Waals surface area contributed by atoms with Crippen molar-refractivity contribution in [2.45, 2.75) is 75.5 Å². The summed E-state index contributed by atoms with van der Waals surface area (Å²) < 4.78 is 6.01. The molecule has 2 aromatic rings. The zero-order valence-corrected chi connectivity index (χ0v) is 19.4. The molecule has 1 heterocycles. The highest BCUT2D eigenvalue weighted by atomic mass is 16.5. The molecule has 1 spiro atoms. The Morgan fingerprint density at radius 2 is 1.71 bits per heavy atom. The van der Waals surface area contributed by atoms with Crippen molar-refractivity contribution in [1.82, 2.24) is 5.32 Å². The molecule has 6 nitrogen and oxygen atoms in total. The van der Waals surface area contributed by atoms with Gasteiger partial charge in [-0.3, -0.25) is 14.4 Å². The second kappa shape index (κ2) is 9.71. The molecule has 0 bridgehead atoms. The van der Waals surface area contributed by atoms with Gasteiger partial charge in [0, 0.05) is 12.1 Å². The second-order valence-corrected chi connectivity index (χ2v) is 9.98. The summed E-state index contributed by atoms with van der Waals surface area (Å²) in [5.74, 6) is -2.13. The molecule has 1 saturated heterocycles.